The third kappa shape index (κ3) is 8.65. The van der Waals surface area contributed by atoms with Gasteiger partial charge in [0, 0.05) is 12.2 Å². The molecule has 2 amide bonds. The van der Waals surface area contributed by atoms with Crippen molar-refractivity contribution >= 4 is 41.8 Å². The molecule has 0 heterocycles. The van der Waals surface area contributed by atoms with Crippen molar-refractivity contribution in [3.63, 3.8) is 0 Å². The van der Waals surface area contributed by atoms with Gasteiger partial charge in [0.25, 0.3) is 0 Å². The molecule has 12 heteroatoms. The SMILES string of the molecule is CC(C=O)(SCC(NC(=O)CCC(N)C(=O)O)C(=O)NCC(=O)O)C(O)c1ccccc1. The van der Waals surface area contributed by atoms with E-state index in [0.717, 1.165) is 11.8 Å². The van der Waals surface area contributed by atoms with Crippen LogP contribution in [0, 0.1) is 0 Å². The predicted molar refractivity (Wildman–Crippen MR) is 116 cm³/mol. The number of carboxylic acids is 2. The molecular weight excluding hydrogens is 442 g/mol. The largest absolute Gasteiger partial charge is 0.480 e. The molecule has 0 radical (unpaired) electrons. The standard InChI is InChI=1S/C20H27N3O8S/c1-20(11-24,17(28)12-5-3-2-4-6-12)32-10-14(18(29)22-9-16(26)27)23-15(25)8-7-13(21)19(30)31/h2-6,11,13-14,17,28H,7-10,21H2,1H3,(H,22,29)(H,23,25)(H,26,27)(H,30,31). The summed E-state index contributed by atoms with van der Waals surface area (Å²) in [5.74, 6) is -4.21. The molecule has 0 aliphatic heterocycles. The van der Waals surface area contributed by atoms with E-state index >= 15 is 0 Å². The number of nitrogens with one attached hydrogen (secondary N) is 2. The van der Waals surface area contributed by atoms with Gasteiger partial charge >= 0.3 is 11.9 Å². The van der Waals surface area contributed by atoms with Gasteiger partial charge in [-0.2, -0.15) is 0 Å². The number of amides is 2. The van der Waals surface area contributed by atoms with E-state index in [2.05, 4.69) is 10.6 Å². The van der Waals surface area contributed by atoms with Gasteiger partial charge in [0.15, 0.2) is 0 Å². The number of aliphatic carboxylic acids is 2. The highest BCUT2D eigenvalue weighted by molar-refractivity contribution is 8.01. The maximum absolute atomic E-state index is 12.4. The van der Waals surface area contributed by atoms with E-state index in [1.807, 2.05) is 0 Å². The molecule has 0 fully saturated rings. The van der Waals surface area contributed by atoms with Crippen LogP contribution in [-0.4, -0.2) is 74.5 Å². The molecule has 7 N–H and O–H groups in total. The Bertz CT molecular complexity index is 822. The minimum Gasteiger partial charge on any atom is -0.480 e. The lowest BCUT2D eigenvalue weighted by Crippen LogP contribution is -2.50. The molecule has 1 aromatic rings. The quantitative estimate of drug-likeness (QED) is 0.189. The van der Waals surface area contributed by atoms with Crippen molar-refractivity contribution < 1.29 is 39.3 Å². The van der Waals surface area contributed by atoms with Gasteiger partial charge in [-0.15, -0.1) is 11.8 Å². The number of carbonyl (C=O) groups is 5. The highest BCUT2D eigenvalue weighted by Crippen LogP contribution is 2.36. The zero-order valence-corrected chi connectivity index (χ0v) is 18.2. The maximum atomic E-state index is 12.4. The number of aldehydes is 1. The molecule has 0 aliphatic rings. The van der Waals surface area contributed by atoms with Crippen molar-refractivity contribution in [3.05, 3.63) is 35.9 Å². The monoisotopic (exact) mass is 469 g/mol. The molecule has 0 bridgehead atoms. The average Bonchev–Trinajstić information content (AvgIpc) is 2.78. The smallest absolute Gasteiger partial charge is 0.322 e. The van der Waals surface area contributed by atoms with Gasteiger partial charge in [0.2, 0.25) is 11.8 Å². The molecule has 176 valence electrons. The molecule has 4 atom stereocenters. The van der Waals surface area contributed by atoms with Gasteiger partial charge in [-0.05, 0) is 18.9 Å². The number of aliphatic hydroxyl groups is 1. The maximum Gasteiger partial charge on any atom is 0.322 e. The first-order chi connectivity index (χ1) is 15.0. The first-order valence-electron chi connectivity index (χ1n) is 9.60. The first-order valence-corrected chi connectivity index (χ1v) is 10.6. The van der Waals surface area contributed by atoms with Crippen LogP contribution in [0.4, 0.5) is 0 Å². The summed E-state index contributed by atoms with van der Waals surface area (Å²) >= 11 is 0.909. The van der Waals surface area contributed by atoms with Crippen molar-refractivity contribution in [2.45, 2.75) is 42.7 Å². The van der Waals surface area contributed by atoms with Gasteiger partial charge in [-0.1, -0.05) is 30.3 Å². The number of rotatable bonds is 14. The topological polar surface area (TPSA) is 196 Å². The summed E-state index contributed by atoms with van der Waals surface area (Å²) in [6.45, 7) is 0.791. The van der Waals surface area contributed by atoms with Crippen molar-refractivity contribution in [2.75, 3.05) is 12.3 Å². The molecule has 11 nitrogen and oxygen atoms in total. The zero-order chi connectivity index (χ0) is 24.3. The van der Waals surface area contributed by atoms with E-state index in [1.54, 1.807) is 30.3 Å². The minimum absolute atomic E-state index is 0.165. The summed E-state index contributed by atoms with van der Waals surface area (Å²) in [4.78, 5) is 57.9. The van der Waals surface area contributed by atoms with Crippen LogP contribution in [0.3, 0.4) is 0 Å². The summed E-state index contributed by atoms with van der Waals surface area (Å²) in [6.07, 6.45) is -1.12. The number of nitrogens with two attached hydrogens (primary N) is 1. The number of thioether (sulfide) groups is 1. The van der Waals surface area contributed by atoms with Crippen LogP contribution in [-0.2, 0) is 24.0 Å². The van der Waals surface area contributed by atoms with Gasteiger partial charge < -0.3 is 36.5 Å². The normalized spacial score (nSPS) is 15.5. The Morgan fingerprint density at radius 2 is 1.81 bits per heavy atom. The minimum atomic E-state index is -1.37. The Kier molecular flexibility index (Phi) is 10.8. The Balaban J connectivity index is 2.90. The van der Waals surface area contributed by atoms with Crippen LogP contribution >= 0.6 is 11.8 Å². The second-order valence-corrected chi connectivity index (χ2v) is 8.64. The van der Waals surface area contributed by atoms with Crippen LogP contribution in [0.15, 0.2) is 30.3 Å². The number of carboxylic acid groups (broad SMARTS) is 2. The molecule has 4 unspecified atom stereocenters. The van der Waals surface area contributed by atoms with Crippen molar-refractivity contribution in [1.82, 2.24) is 10.6 Å². The second kappa shape index (κ2) is 12.8. The van der Waals surface area contributed by atoms with Crippen LogP contribution in [0.25, 0.3) is 0 Å². The first kappa shape index (κ1) is 27.1. The average molecular weight is 470 g/mol. The summed E-state index contributed by atoms with van der Waals surface area (Å²) < 4.78 is -1.37. The molecule has 0 aliphatic carbocycles. The Hall–Kier alpha value is -2.96. The third-order valence-corrected chi connectivity index (χ3v) is 5.96. The number of benzene rings is 1. The molecule has 0 saturated heterocycles. The van der Waals surface area contributed by atoms with Crippen LogP contribution in [0.1, 0.15) is 31.4 Å². The van der Waals surface area contributed by atoms with E-state index < -0.39 is 53.2 Å². The number of carbonyl (C=O) groups excluding carboxylic acids is 3. The lowest BCUT2D eigenvalue weighted by atomic mass is 9.98. The Labute approximate surface area is 188 Å². The highest BCUT2D eigenvalue weighted by Gasteiger charge is 2.36. The van der Waals surface area contributed by atoms with E-state index in [9.17, 15) is 29.1 Å². The summed E-state index contributed by atoms with van der Waals surface area (Å²) in [5.41, 5.74) is 5.84. The van der Waals surface area contributed by atoms with Gasteiger partial charge in [0.05, 0.1) is 4.75 Å². The van der Waals surface area contributed by atoms with Gasteiger partial charge in [-0.3, -0.25) is 19.2 Å². The molecule has 0 aromatic heterocycles. The predicted octanol–water partition coefficient (Wildman–Crippen LogP) is -0.711. The number of hydrogen-bond donors (Lipinski definition) is 6. The Morgan fingerprint density at radius 3 is 2.34 bits per heavy atom. The number of hydrogen-bond acceptors (Lipinski definition) is 8. The van der Waals surface area contributed by atoms with Gasteiger partial charge in [-0.25, -0.2) is 0 Å². The Morgan fingerprint density at radius 1 is 1.19 bits per heavy atom. The van der Waals surface area contributed by atoms with E-state index in [0.29, 0.717) is 11.8 Å². The lowest BCUT2D eigenvalue weighted by Gasteiger charge is -2.30. The lowest BCUT2D eigenvalue weighted by molar-refractivity contribution is -0.139. The zero-order valence-electron chi connectivity index (χ0n) is 17.4. The van der Waals surface area contributed by atoms with Crippen molar-refractivity contribution in [1.29, 1.82) is 0 Å². The van der Waals surface area contributed by atoms with E-state index in [4.69, 9.17) is 15.9 Å². The molecule has 0 spiro atoms. The van der Waals surface area contributed by atoms with Crippen LogP contribution in [0.5, 0.6) is 0 Å². The molecule has 0 saturated carbocycles. The summed E-state index contributed by atoms with van der Waals surface area (Å²) in [5, 5.41) is 32.8. The fourth-order valence-electron chi connectivity index (χ4n) is 2.55. The summed E-state index contributed by atoms with van der Waals surface area (Å²) in [6, 6.07) is 5.91. The summed E-state index contributed by atoms with van der Waals surface area (Å²) in [7, 11) is 0. The fourth-order valence-corrected chi connectivity index (χ4v) is 3.67. The number of aliphatic hydroxyl groups excluding tert-OH is 1. The fraction of sp³-hybridized carbons (Fsp3) is 0.450. The van der Waals surface area contributed by atoms with Crippen molar-refractivity contribution in [3.8, 4) is 0 Å². The van der Waals surface area contributed by atoms with Crippen LogP contribution in [0.2, 0.25) is 0 Å². The van der Waals surface area contributed by atoms with Crippen LogP contribution < -0.4 is 16.4 Å². The van der Waals surface area contributed by atoms with E-state index in [-0.39, 0.29) is 18.6 Å². The molecule has 1 aromatic carbocycles. The van der Waals surface area contributed by atoms with E-state index in [1.165, 1.54) is 6.92 Å². The second-order valence-electron chi connectivity index (χ2n) is 7.14. The highest BCUT2D eigenvalue weighted by atomic mass is 32.2. The molecule has 1 rings (SSSR count). The van der Waals surface area contributed by atoms with Crippen molar-refractivity contribution in [2.24, 2.45) is 5.73 Å². The molecular formula is C20H27N3O8S. The van der Waals surface area contributed by atoms with Gasteiger partial charge in [0.1, 0.15) is 31.0 Å². The molecule has 32 heavy (non-hydrogen) atoms. The third-order valence-electron chi connectivity index (χ3n) is 4.52.